The molecule has 1 aliphatic rings. The molecule has 38 heavy (non-hydrogen) atoms. The van der Waals surface area contributed by atoms with E-state index in [-0.39, 0.29) is 5.91 Å². The number of imidazole rings is 1. The maximum absolute atomic E-state index is 11.9. The number of aromatic nitrogens is 3. The third-order valence-corrected chi connectivity index (χ3v) is 7.12. The van der Waals surface area contributed by atoms with Crippen molar-refractivity contribution in [2.24, 2.45) is 7.05 Å². The smallest absolute Gasteiger partial charge is 0.269 e. The number of amides is 1. The van der Waals surface area contributed by atoms with E-state index >= 15 is 0 Å². The third-order valence-electron chi connectivity index (χ3n) is 7.12. The van der Waals surface area contributed by atoms with Crippen molar-refractivity contribution in [2.45, 2.75) is 13.3 Å². The van der Waals surface area contributed by atoms with Gasteiger partial charge in [0.15, 0.2) is 0 Å². The zero-order valence-electron chi connectivity index (χ0n) is 22.3. The molecule has 2 aromatic heterocycles. The summed E-state index contributed by atoms with van der Waals surface area (Å²) in [7, 11) is 3.56. The molecule has 0 atom stereocenters. The van der Waals surface area contributed by atoms with Gasteiger partial charge in [-0.25, -0.2) is 4.98 Å². The maximum Gasteiger partial charge on any atom is 0.269 e. The number of fused-ring (bicyclic) bond motifs is 1. The van der Waals surface area contributed by atoms with Crippen LogP contribution in [0.3, 0.4) is 0 Å². The molecule has 1 fully saturated rings. The van der Waals surface area contributed by atoms with Crippen LogP contribution in [0, 0.1) is 0 Å². The molecule has 5 rings (SSSR count). The van der Waals surface area contributed by atoms with Crippen molar-refractivity contribution < 1.29 is 9.53 Å². The van der Waals surface area contributed by atoms with Crippen LogP contribution in [0.25, 0.3) is 11.0 Å². The van der Waals surface area contributed by atoms with E-state index in [1.807, 2.05) is 29.8 Å². The molecule has 3 heterocycles. The number of hydrogen-bond acceptors (Lipinski definition) is 7. The number of nitrogens with one attached hydrogen (secondary N) is 2. The minimum Gasteiger partial charge on any atom is -0.457 e. The van der Waals surface area contributed by atoms with Crippen molar-refractivity contribution in [1.82, 2.24) is 29.7 Å². The minimum atomic E-state index is -0.259. The lowest BCUT2D eigenvalue weighted by Gasteiger charge is -2.34. The van der Waals surface area contributed by atoms with Gasteiger partial charge >= 0.3 is 0 Å². The number of likely N-dealkylation sites (N-methyl/N-ethyl adjacent to an activating group) is 1. The number of pyridine rings is 1. The first-order valence-corrected chi connectivity index (χ1v) is 13.2. The van der Waals surface area contributed by atoms with Gasteiger partial charge in [0.05, 0.1) is 11.0 Å². The molecule has 2 aromatic carbocycles. The highest BCUT2D eigenvalue weighted by molar-refractivity contribution is 5.92. The van der Waals surface area contributed by atoms with Crippen molar-refractivity contribution in [1.29, 1.82) is 0 Å². The second-order valence-corrected chi connectivity index (χ2v) is 9.55. The van der Waals surface area contributed by atoms with Crippen molar-refractivity contribution in [3.05, 3.63) is 72.1 Å². The van der Waals surface area contributed by atoms with Gasteiger partial charge in [-0.3, -0.25) is 9.78 Å². The first kappa shape index (κ1) is 25.7. The van der Waals surface area contributed by atoms with Crippen LogP contribution < -0.4 is 15.4 Å². The van der Waals surface area contributed by atoms with Gasteiger partial charge in [-0.15, -0.1) is 0 Å². The summed E-state index contributed by atoms with van der Waals surface area (Å²) in [6, 6.07) is 17.7. The molecule has 4 aromatic rings. The van der Waals surface area contributed by atoms with Gasteiger partial charge in [0.25, 0.3) is 5.91 Å². The normalized spacial score (nSPS) is 14.5. The van der Waals surface area contributed by atoms with E-state index in [9.17, 15) is 4.79 Å². The van der Waals surface area contributed by atoms with Crippen LogP contribution in [-0.2, 0) is 13.5 Å². The molecule has 1 saturated heterocycles. The highest BCUT2D eigenvalue weighted by atomic mass is 16.5. The Morgan fingerprint density at radius 1 is 0.974 bits per heavy atom. The Balaban J connectivity index is 1.22. The summed E-state index contributed by atoms with van der Waals surface area (Å²) < 4.78 is 8.01. The number of aryl methyl sites for hydroxylation is 1. The lowest BCUT2D eigenvalue weighted by atomic mass is 10.1. The van der Waals surface area contributed by atoms with Gasteiger partial charge in [-0.05, 0) is 48.9 Å². The zero-order valence-corrected chi connectivity index (χ0v) is 22.3. The van der Waals surface area contributed by atoms with Crippen LogP contribution in [0.5, 0.6) is 11.5 Å². The summed E-state index contributed by atoms with van der Waals surface area (Å²) >= 11 is 0. The predicted octanol–water partition coefficient (Wildman–Crippen LogP) is 4.04. The number of benzene rings is 2. The molecular weight excluding hydrogens is 478 g/mol. The van der Waals surface area contributed by atoms with Crippen molar-refractivity contribution in [2.75, 3.05) is 51.6 Å². The Bertz CT molecular complexity index is 1390. The van der Waals surface area contributed by atoms with Gasteiger partial charge in [0, 0.05) is 70.8 Å². The zero-order chi connectivity index (χ0) is 26.5. The number of hydrogen-bond donors (Lipinski definition) is 2. The summed E-state index contributed by atoms with van der Waals surface area (Å²) in [4.78, 5) is 25.8. The Morgan fingerprint density at radius 2 is 1.71 bits per heavy atom. The molecule has 9 nitrogen and oxygen atoms in total. The standard InChI is InChI=1S/C29H35N7O2/c1-4-35-15-17-36(18-16-35)14-12-21-5-7-22(8-6-21)32-29-33-25-19-23(9-10-27(25)34(29)3)38-24-11-13-31-26(20-24)28(37)30-2/h5-11,13,19-20H,4,12,14-18H2,1-3H3,(H,30,37)(H,32,33). The highest BCUT2D eigenvalue weighted by Crippen LogP contribution is 2.28. The fraction of sp³-hybridized carbons (Fsp3) is 0.345. The van der Waals surface area contributed by atoms with Gasteiger partial charge in [-0.2, -0.15) is 0 Å². The van der Waals surface area contributed by atoms with Crippen LogP contribution in [0.2, 0.25) is 0 Å². The first-order valence-electron chi connectivity index (χ1n) is 13.2. The van der Waals surface area contributed by atoms with Crippen LogP contribution in [0.1, 0.15) is 23.0 Å². The van der Waals surface area contributed by atoms with Crippen LogP contribution >= 0.6 is 0 Å². The Kier molecular flexibility index (Phi) is 7.86. The van der Waals surface area contributed by atoms with E-state index in [0.717, 1.165) is 55.3 Å². The number of nitrogens with zero attached hydrogens (tertiary/aromatic N) is 5. The number of anilines is 2. The largest absolute Gasteiger partial charge is 0.457 e. The molecular formula is C29H35N7O2. The van der Waals surface area contributed by atoms with Crippen LogP contribution in [-0.4, -0.2) is 76.6 Å². The Labute approximate surface area is 223 Å². The molecule has 1 amide bonds. The van der Waals surface area contributed by atoms with Gasteiger partial charge in [-0.1, -0.05) is 19.1 Å². The summed E-state index contributed by atoms with van der Waals surface area (Å²) in [5, 5.41) is 6.01. The van der Waals surface area contributed by atoms with Crippen LogP contribution in [0.15, 0.2) is 60.8 Å². The molecule has 0 radical (unpaired) electrons. The molecule has 0 aliphatic carbocycles. The highest BCUT2D eigenvalue weighted by Gasteiger charge is 2.15. The van der Waals surface area contributed by atoms with E-state index in [1.165, 1.54) is 18.7 Å². The molecule has 198 valence electrons. The monoisotopic (exact) mass is 513 g/mol. The molecule has 0 unspecified atom stereocenters. The molecule has 2 N–H and O–H groups in total. The lowest BCUT2D eigenvalue weighted by Crippen LogP contribution is -2.46. The number of piperazine rings is 1. The van der Waals surface area contributed by atoms with E-state index in [0.29, 0.717) is 17.2 Å². The van der Waals surface area contributed by atoms with Gasteiger partial charge < -0.3 is 29.7 Å². The van der Waals surface area contributed by atoms with E-state index in [4.69, 9.17) is 9.72 Å². The maximum atomic E-state index is 11.9. The van der Waals surface area contributed by atoms with E-state index in [2.05, 4.69) is 56.6 Å². The quantitative estimate of drug-likeness (QED) is 0.349. The van der Waals surface area contributed by atoms with Crippen molar-refractivity contribution in [3.63, 3.8) is 0 Å². The van der Waals surface area contributed by atoms with Crippen LogP contribution in [0.4, 0.5) is 11.6 Å². The SMILES string of the molecule is CCN1CCN(CCc2ccc(Nc3nc4cc(Oc5ccnc(C(=O)NC)c5)ccc4n3C)cc2)CC1. The Hall–Kier alpha value is -3.95. The second kappa shape index (κ2) is 11.6. The lowest BCUT2D eigenvalue weighted by molar-refractivity contribution is 0.0958. The Morgan fingerprint density at radius 3 is 2.45 bits per heavy atom. The van der Waals surface area contributed by atoms with E-state index in [1.54, 1.807) is 25.4 Å². The first-order chi connectivity index (χ1) is 18.5. The van der Waals surface area contributed by atoms with Crippen molar-refractivity contribution in [3.8, 4) is 11.5 Å². The van der Waals surface area contributed by atoms with Crippen molar-refractivity contribution >= 4 is 28.6 Å². The number of carbonyl (C=O) groups excluding carboxylic acids is 1. The average Bonchev–Trinajstić information content (AvgIpc) is 3.26. The summed E-state index contributed by atoms with van der Waals surface area (Å²) in [6.45, 7) is 9.15. The van der Waals surface area contributed by atoms with E-state index < -0.39 is 0 Å². The summed E-state index contributed by atoms with van der Waals surface area (Å²) in [6.07, 6.45) is 2.61. The summed E-state index contributed by atoms with van der Waals surface area (Å²) in [5.41, 5.74) is 4.44. The predicted molar refractivity (Wildman–Crippen MR) is 150 cm³/mol. The van der Waals surface area contributed by atoms with Gasteiger partial charge in [0.2, 0.25) is 5.95 Å². The molecule has 0 bridgehead atoms. The second-order valence-electron chi connectivity index (χ2n) is 9.55. The molecule has 0 saturated carbocycles. The summed E-state index contributed by atoms with van der Waals surface area (Å²) in [5.74, 6) is 1.67. The third kappa shape index (κ3) is 5.95. The molecule has 9 heteroatoms. The fourth-order valence-corrected chi connectivity index (χ4v) is 4.72. The molecule has 1 aliphatic heterocycles. The van der Waals surface area contributed by atoms with Gasteiger partial charge in [0.1, 0.15) is 17.2 Å². The minimum absolute atomic E-state index is 0.259. The molecule has 0 spiro atoms. The number of rotatable bonds is 9. The number of carbonyl (C=O) groups is 1. The number of ether oxygens (including phenoxy) is 1. The topological polar surface area (TPSA) is 87.6 Å². The fourth-order valence-electron chi connectivity index (χ4n) is 4.72. The average molecular weight is 514 g/mol.